The van der Waals surface area contributed by atoms with Crippen LogP contribution >= 0.6 is 0 Å². The average molecular weight is 332 g/mol. The first kappa shape index (κ1) is 15.1. The quantitative estimate of drug-likeness (QED) is 0.751. The Kier molecular flexibility index (Phi) is 3.36. The van der Waals surface area contributed by atoms with Crippen molar-refractivity contribution in [3.63, 3.8) is 0 Å². The van der Waals surface area contributed by atoms with Crippen LogP contribution in [0.3, 0.4) is 0 Å². The van der Waals surface area contributed by atoms with Crippen molar-refractivity contribution < 1.29 is 9.47 Å². The predicted molar refractivity (Wildman–Crippen MR) is 93.1 cm³/mol. The van der Waals surface area contributed by atoms with Gasteiger partial charge in [0.05, 0.1) is 13.0 Å². The Hall–Kier alpha value is -3.46. The van der Waals surface area contributed by atoms with Gasteiger partial charge in [-0.2, -0.15) is 5.26 Å². The number of nitrogens with two attached hydrogens (primary N) is 1. The van der Waals surface area contributed by atoms with E-state index in [0.29, 0.717) is 17.2 Å². The van der Waals surface area contributed by atoms with E-state index in [1.807, 2.05) is 43.3 Å². The number of nitriles is 1. The second-order valence-electron chi connectivity index (χ2n) is 5.93. The fourth-order valence-corrected chi connectivity index (χ4v) is 3.35. The first-order chi connectivity index (χ1) is 12.1. The highest BCUT2D eigenvalue weighted by molar-refractivity contribution is 5.86. The number of hydrogen-bond donors (Lipinski definition) is 2. The molecule has 1 aliphatic rings. The Bertz CT molecular complexity index is 1060. The van der Waals surface area contributed by atoms with Gasteiger partial charge in [-0.25, -0.2) is 0 Å². The van der Waals surface area contributed by atoms with Crippen molar-refractivity contribution in [1.29, 1.82) is 5.26 Å². The molecule has 0 saturated heterocycles. The third-order valence-corrected chi connectivity index (χ3v) is 4.54. The standard InChI is InChI=1S/C19H16N4O2/c1-10-16-17(14(9-20)18(21)25-19(16)23-22-10)13-7-11-5-3-4-6-12(11)8-15(13)24-2/h3-8,17H,21H2,1-2H3,(H,22,23). The molecule has 4 rings (SSSR count). The smallest absolute Gasteiger partial charge is 0.244 e. The van der Waals surface area contributed by atoms with Crippen molar-refractivity contribution >= 4 is 10.8 Å². The van der Waals surface area contributed by atoms with Gasteiger partial charge in [-0.15, -0.1) is 5.10 Å². The molecule has 0 aliphatic carbocycles. The minimum Gasteiger partial charge on any atom is -0.496 e. The maximum Gasteiger partial charge on any atom is 0.244 e. The molecule has 6 nitrogen and oxygen atoms in total. The molecule has 0 fully saturated rings. The Morgan fingerprint density at radius 3 is 2.68 bits per heavy atom. The van der Waals surface area contributed by atoms with Gasteiger partial charge in [0.15, 0.2) is 0 Å². The lowest BCUT2D eigenvalue weighted by atomic mass is 9.83. The number of allylic oxidation sites excluding steroid dienone is 1. The van der Waals surface area contributed by atoms with Gasteiger partial charge in [-0.3, -0.25) is 5.10 Å². The van der Waals surface area contributed by atoms with Crippen molar-refractivity contribution in [2.45, 2.75) is 12.8 Å². The molecule has 25 heavy (non-hydrogen) atoms. The van der Waals surface area contributed by atoms with Crippen LogP contribution in [0.5, 0.6) is 11.6 Å². The normalized spacial score (nSPS) is 16.3. The highest BCUT2D eigenvalue weighted by Gasteiger charge is 2.35. The van der Waals surface area contributed by atoms with Crippen molar-refractivity contribution in [3.05, 3.63) is 64.7 Å². The minimum atomic E-state index is -0.396. The number of aromatic amines is 1. The Balaban J connectivity index is 2.04. The molecule has 3 aromatic rings. The number of benzene rings is 2. The van der Waals surface area contributed by atoms with Crippen molar-refractivity contribution in [3.8, 4) is 17.7 Å². The molecule has 2 heterocycles. The van der Waals surface area contributed by atoms with Crippen LogP contribution in [0.4, 0.5) is 0 Å². The van der Waals surface area contributed by atoms with Crippen molar-refractivity contribution in [2.75, 3.05) is 7.11 Å². The van der Waals surface area contributed by atoms with E-state index < -0.39 is 5.92 Å². The topological polar surface area (TPSA) is 96.9 Å². The third-order valence-electron chi connectivity index (χ3n) is 4.54. The number of ether oxygens (including phenoxy) is 2. The Morgan fingerprint density at radius 1 is 1.28 bits per heavy atom. The van der Waals surface area contributed by atoms with E-state index in [2.05, 4.69) is 16.3 Å². The van der Waals surface area contributed by atoms with Crippen LogP contribution in [0.1, 0.15) is 22.7 Å². The van der Waals surface area contributed by atoms with Crippen LogP contribution in [-0.2, 0) is 0 Å². The molecule has 124 valence electrons. The SMILES string of the molecule is COc1cc2ccccc2cc1C1C(C#N)=C(N)Oc2n[nH]c(C)c21. The summed E-state index contributed by atoms with van der Waals surface area (Å²) in [6, 6.07) is 14.2. The number of nitrogens with zero attached hydrogens (tertiary/aromatic N) is 2. The number of fused-ring (bicyclic) bond motifs is 2. The van der Waals surface area contributed by atoms with E-state index >= 15 is 0 Å². The van der Waals surface area contributed by atoms with Gasteiger partial charge in [0.25, 0.3) is 0 Å². The molecular weight excluding hydrogens is 316 g/mol. The number of aryl methyl sites for hydroxylation is 1. The highest BCUT2D eigenvalue weighted by Crippen LogP contribution is 2.46. The van der Waals surface area contributed by atoms with E-state index in [1.54, 1.807) is 7.11 Å². The third kappa shape index (κ3) is 2.21. The van der Waals surface area contributed by atoms with Gasteiger partial charge in [0, 0.05) is 16.8 Å². The number of methoxy groups -OCH3 is 1. The summed E-state index contributed by atoms with van der Waals surface area (Å²) in [7, 11) is 1.62. The number of aromatic nitrogens is 2. The summed E-state index contributed by atoms with van der Waals surface area (Å²) < 4.78 is 11.1. The molecule has 1 unspecified atom stereocenters. The van der Waals surface area contributed by atoms with Crippen molar-refractivity contribution in [2.24, 2.45) is 5.73 Å². The van der Waals surface area contributed by atoms with Gasteiger partial charge in [0.1, 0.15) is 17.4 Å². The van der Waals surface area contributed by atoms with Crippen LogP contribution in [0.15, 0.2) is 47.9 Å². The highest BCUT2D eigenvalue weighted by atomic mass is 16.5. The van der Waals surface area contributed by atoms with Gasteiger partial charge >= 0.3 is 0 Å². The zero-order chi connectivity index (χ0) is 17.6. The lowest BCUT2D eigenvalue weighted by Crippen LogP contribution is -2.21. The van der Waals surface area contributed by atoms with Crippen LogP contribution in [0.25, 0.3) is 10.8 Å². The number of hydrogen-bond acceptors (Lipinski definition) is 5. The summed E-state index contributed by atoms with van der Waals surface area (Å²) in [5, 5.41) is 18.9. The van der Waals surface area contributed by atoms with E-state index in [1.165, 1.54) is 0 Å². The fraction of sp³-hybridized carbons (Fsp3) is 0.158. The summed E-state index contributed by atoms with van der Waals surface area (Å²) in [5.74, 6) is 0.765. The van der Waals surface area contributed by atoms with Crippen LogP contribution in [-0.4, -0.2) is 17.3 Å². The molecule has 3 N–H and O–H groups in total. The number of rotatable bonds is 2. The maximum absolute atomic E-state index is 9.68. The molecule has 0 saturated carbocycles. The van der Waals surface area contributed by atoms with Gasteiger partial charge in [-0.05, 0) is 29.8 Å². The Morgan fingerprint density at radius 2 is 2.00 bits per heavy atom. The van der Waals surface area contributed by atoms with E-state index in [9.17, 15) is 5.26 Å². The van der Waals surface area contributed by atoms with Crippen LogP contribution in [0, 0.1) is 18.3 Å². The summed E-state index contributed by atoms with van der Waals surface area (Å²) in [6.07, 6.45) is 0. The monoisotopic (exact) mass is 332 g/mol. The largest absolute Gasteiger partial charge is 0.496 e. The van der Waals surface area contributed by atoms with E-state index in [-0.39, 0.29) is 5.88 Å². The van der Waals surface area contributed by atoms with E-state index in [0.717, 1.165) is 27.6 Å². The molecule has 0 amide bonds. The van der Waals surface area contributed by atoms with E-state index in [4.69, 9.17) is 15.2 Å². The molecule has 6 heteroatoms. The zero-order valence-corrected chi connectivity index (χ0v) is 13.8. The summed E-state index contributed by atoms with van der Waals surface area (Å²) >= 11 is 0. The molecule has 0 spiro atoms. The second-order valence-corrected chi connectivity index (χ2v) is 5.93. The predicted octanol–water partition coefficient (Wildman–Crippen LogP) is 3.10. The minimum absolute atomic E-state index is 0.0710. The first-order valence-electron chi connectivity index (χ1n) is 7.83. The molecule has 2 aromatic carbocycles. The average Bonchev–Trinajstić information content (AvgIpc) is 2.99. The van der Waals surface area contributed by atoms with Gasteiger partial charge in [0.2, 0.25) is 11.8 Å². The molecule has 0 bridgehead atoms. The first-order valence-corrected chi connectivity index (χ1v) is 7.83. The maximum atomic E-state index is 9.68. The summed E-state index contributed by atoms with van der Waals surface area (Å²) in [6.45, 7) is 1.90. The molecule has 1 aliphatic heterocycles. The summed E-state index contributed by atoms with van der Waals surface area (Å²) in [5.41, 5.74) is 8.83. The molecular formula is C19H16N4O2. The number of H-pyrrole nitrogens is 1. The molecule has 0 radical (unpaired) electrons. The zero-order valence-electron chi connectivity index (χ0n) is 13.8. The summed E-state index contributed by atoms with van der Waals surface area (Å²) in [4.78, 5) is 0. The molecule has 1 atom stereocenters. The lowest BCUT2D eigenvalue weighted by Gasteiger charge is -2.25. The van der Waals surface area contributed by atoms with Crippen molar-refractivity contribution in [1.82, 2.24) is 10.2 Å². The van der Waals surface area contributed by atoms with Gasteiger partial charge in [-0.1, -0.05) is 24.3 Å². The Labute approximate surface area is 144 Å². The fourth-order valence-electron chi connectivity index (χ4n) is 3.35. The van der Waals surface area contributed by atoms with Gasteiger partial charge < -0.3 is 15.2 Å². The van der Waals surface area contributed by atoms with Crippen LogP contribution < -0.4 is 15.2 Å². The van der Waals surface area contributed by atoms with Crippen LogP contribution in [0.2, 0.25) is 0 Å². The lowest BCUT2D eigenvalue weighted by molar-refractivity contribution is 0.375. The molecule has 1 aromatic heterocycles. The number of nitrogens with one attached hydrogen (secondary N) is 1. The second kappa shape index (κ2) is 5.56.